The minimum absolute atomic E-state index is 0.0242. The molecule has 0 unspecified atom stereocenters. The van der Waals surface area contributed by atoms with Gasteiger partial charge in [-0.1, -0.05) is 24.3 Å². The fourth-order valence-electron chi connectivity index (χ4n) is 1.13. The monoisotopic (exact) mass is 181 g/mol. The van der Waals surface area contributed by atoms with Crippen molar-refractivity contribution in [3.63, 3.8) is 0 Å². The Morgan fingerprint density at radius 2 is 2.00 bits per heavy atom. The standard InChI is InChI=1S/C10H15NO2/c1-13-7-8-2-4-9(5-3-8)10(11)6-12/h2-5,10,12H,6-7,11H2,1H3/t10-/m0/s1. The summed E-state index contributed by atoms with van der Waals surface area (Å²) in [6, 6.07) is 7.45. The summed E-state index contributed by atoms with van der Waals surface area (Å²) in [5, 5.41) is 8.81. The van der Waals surface area contributed by atoms with Gasteiger partial charge in [0, 0.05) is 7.11 Å². The molecule has 0 spiro atoms. The van der Waals surface area contributed by atoms with Crippen molar-refractivity contribution in [3.05, 3.63) is 35.4 Å². The molecule has 0 aromatic heterocycles. The molecule has 0 bridgehead atoms. The van der Waals surface area contributed by atoms with Crippen LogP contribution in [0.25, 0.3) is 0 Å². The third-order valence-electron chi connectivity index (χ3n) is 1.92. The molecule has 3 heteroatoms. The van der Waals surface area contributed by atoms with Gasteiger partial charge in [0.25, 0.3) is 0 Å². The minimum Gasteiger partial charge on any atom is -0.394 e. The molecule has 1 aromatic rings. The SMILES string of the molecule is COCc1ccc([C@@H](N)CO)cc1. The fraction of sp³-hybridized carbons (Fsp3) is 0.400. The number of hydrogen-bond acceptors (Lipinski definition) is 3. The first-order chi connectivity index (χ1) is 6.27. The molecule has 0 saturated heterocycles. The van der Waals surface area contributed by atoms with Crippen molar-refractivity contribution >= 4 is 0 Å². The average molecular weight is 181 g/mol. The zero-order valence-corrected chi connectivity index (χ0v) is 7.73. The normalized spacial score (nSPS) is 12.8. The van der Waals surface area contributed by atoms with E-state index in [2.05, 4.69) is 0 Å². The maximum atomic E-state index is 8.81. The van der Waals surface area contributed by atoms with Gasteiger partial charge in [-0.05, 0) is 11.1 Å². The Bertz CT molecular complexity index is 246. The molecule has 1 rings (SSSR count). The molecule has 1 atom stereocenters. The summed E-state index contributed by atoms with van der Waals surface area (Å²) in [6.45, 7) is 0.582. The first kappa shape index (κ1) is 10.2. The summed E-state index contributed by atoms with van der Waals surface area (Å²) in [5.74, 6) is 0. The second-order valence-electron chi connectivity index (χ2n) is 2.96. The van der Waals surface area contributed by atoms with E-state index in [0.29, 0.717) is 6.61 Å². The number of ether oxygens (including phenoxy) is 1. The lowest BCUT2D eigenvalue weighted by Crippen LogP contribution is -2.14. The Labute approximate surface area is 78.1 Å². The molecule has 1 aromatic carbocycles. The van der Waals surface area contributed by atoms with Gasteiger partial charge in [0.2, 0.25) is 0 Å². The van der Waals surface area contributed by atoms with E-state index in [1.54, 1.807) is 7.11 Å². The van der Waals surface area contributed by atoms with Crippen molar-refractivity contribution in [3.8, 4) is 0 Å². The van der Waals surface area contributed by atoms with Crippen LogP contribution in [-0.4, -0.2) is 18.8 Å². The third kappa shape index (κ3) is 2.81. The van der Waals surface area contributed by atoms with Crippen LogP contribution in [0.4, 0.5) is 0 Å². The van der Waals surface area contributed by atoms with E-state index < -0.39 is 0 Å². The zero-order chi connectivity index (χ0) is 9.68. The van der Waals surface area contributed by atoms with Gasteiger partial charge < -0.3 is 15.6 Å². The first-order valence-corrected chi connectivity index (χ1v) is 4.22. The molecule has 0 aliphatic carbocycles. The van der Waals surface area contributed by atoms with E-state index in [0.717, 1.165) is 11.1 Å². The number of aliphatic hydroxyl groups is 1. The van der Waals surface area contributed by atoms with Gasteiger partial charge in [0.15, 0.2) is 0 Å². The molecule has 0 heterocycles. The van der Waals surface area contributed by atoms with Crippen molar-refractivity contribution in [2.75, 3.05) is 13.7 Å². The molecule has 0 saturated carbocycles. The Balaban J connectivity index is 2.69. The summed E-state index contributed by atoms with van der Waals surface area (Å²) >= 11 is 0. The third-order valence-corrected chi connectivity index (χ3v) is 1.92. The number of methoxy groups -OCH3 is 1. The molecule has 13 heavy (non-hydrogen) atoms. The van der Waals surface area contributed by atoms with Gasteiger partial charge in [-0.3, -0.25) is 0 Å². The highest BCUT2D eigenvalue weighted by atomic mass is 16.5. The van der Waals surface area contributed by atoms with E-state index >= 15 is 0 Å². The van der Waals surface area contributed by atoms with E-state index in [4.69, 9.17) is 15.6 Å². The predicted molar refractivity (Wildman–Crippen MR) is 51.2 cm³/mol. The molecule has 3 nitrogen and oxygen atoms in total. The molecule has 0 aliphatic rings. The number of aliphatic hydroxyl groups excluding tert-OH is 1. The van der Waals surface area contributed by atoms with E-state index in [1.165, 1.54) is 0 Å². The van der Waals surface area contributed by atoms with Crippen LogP contribution < -0.4 is 5.73 Å². The van der Waals surface area contributed by atoms with E-state index in [9.17, 15) is 0 Å². The number of nitrogens with two attached hydrogens (primary N) is 1. The smallest absolute Gasteiger partial charge is 0.0713 e. The van der Waals surface area contributed by atoms with E-state index in [1.807, 2.05) is 24.3 Å². The Morgan fingerprint density at radius 3 is 2.46 bits per heavy atom. The largest absolute Gasteiger partial charge is 0.394 e. The summed E-state index contributed by atoms with van der Waals surface area (Å²) in [6.07, 6.45) is 0. The molecule has 0 aliphatic heterocycles. The Hall–Kier alpha value is -0.900. The molecular weight excluding hydrogens is 166 g/mol. The van der Waals surface area contributed by atoms with Crippen LogP contribution in [0.15, 0.2) is 24.3 Å². The average Bonchev–Trinajstić information content (AvgIpc) is 2.18. The molecule has 0 amide bonds. The van der Waals surface area contributed by atoms with Crippen molar-refractivity contribution in [2.24, 2.45) is 5.73 Å². The summed E-state index contributed by atoms with van der Waals surface area (Å²) in [7, 11) is 1.66. The van der Waals surface area contributed by atoms with Crippen molar-refractivity contribution in [2.45, 2.75) is 12.6 Å². The van der Waals surface area contributed by atoms with Crippen LogP contribution in [0.5, 0.6) is 0 Å². The first-order valence-electron chi connectivity index (χ1n) is 4.22. The van der Waals surface area contributed by atoms with Crippen LogP contribution in [0.3, 0.4) is 0 Å². The number of hydrogen-bond donors (Lipinski definition) is 2. The summed E-state index contributed by atoms with van der Waals surface area (Å²) in [4.78, 5) is 0. The number of rotatable bonds is 4. The molecule has 72 valence electrons. The lowest BCUT2D eigenvalue weighted by Gasteiger charge is -2.08. The van der Waals surface area contributed by atoms with Crippen molar-refractivity contribution in [1.29, 1.82) is 0 Å². The maximum Gasteiger partial charge on any atom is 0.0713 e. The van der Waals surface area contributed by atoms with Crippen LogP contribution in [0.1, 0.15) is 17.2 Å². The van der Waals surface area contributed by atoms with Crippen molar-refractivity contribution in [1.82, 2.24) is 0 Å². The van der Waals surface area contributed by atoms with Crippen molar-refractivity contribution < 1.29 is 9.84 Å². The van der Waals surface area contributed by atoms with Crippen LogP contribution in [-0.2, 0) is 11.3 Å². The number of benzene rings is 1. The van der Waals surface area contributed by atoms with Gasteiger partial charge in [0.05, 0.1) is 19.3 Å². The lowest BCUT2D eigenvalue weighted by atomic mass is 10.1. The molecule has 3 N–H and O–H groups in total. The van der Waals surface area contributed by atoms with Crippen LogP contribution in [0.2, 0.25) is 0 Å². The quantitative estimate of drug-likeness (QED) is 0.723. The van der Waals surface area contributed by atoms with Gasteiger partial charge >= 0.3 is 0 Å². The second-order valence-corrected chi connectivity index (χ2v) is 2.96. The topological polar surface area (TPSA) is 55.5 Å². The van der Waals surface area contributed by atoms with Gasteiger partial charge in [-0.2, -0.15) is 0 Å². The highest BCUT2D eigenvalue weighted by Crippen LogP contribution is 2.11. The molecule has 0 radical (unpaired) electrons. The fourth-order valence-corrected chi connectivity index (χ4v) is 1.13. The van der Waals surface area contributed by atoms with Crippen LogP contribution >= 0.6 is 0 Å². The van der Waals surface area contributed by atoms with Gasteiger partial charge in [-0.15, -0.1) is 0 Å². The highest BCUT2D eigenvalue weighted by Gasteiger charge is 2.02. The Morgan fingerprint density at radius 1 is 1.38 bits per heavy atom. The lowest BCUT2D eigenvalue weighted by molar-refractivity contribution is 0.185. The highest BCUT2D eigenvalue weighted by molar-refractivity contribution is 5.24. The second kappa shape index (κ2) is 4.97. The van der Waals surface area contributed by atoms with Gasteiger partial charge in [-0.25, -0.2) is 0 Å². The summed E-state index contributed by atoms with van der Waals surface area (Å²) < 4.78 is 4.97. The summed E-state index contributed by atoms with van der Waals surface area (Å²) in [5.41, 5.74) is 7.69. The Kier molecular flexibility index (Phi) is 3.89. The minimum atomic E-state index is -0.281. The van der Waals surface area contributed by atoms with Gasteiger partial charge in [0.1, 0.15) is 0 Å². The zero-order valence-electron chi connectivity index (χ0n) is 7.73. The van der Waals surface area contributed by atoms with E-state index in [-0.39, 0.29) is 12.6 Å². The molecular formula is C10H15NO2. The maximum absolute atomic E-state index is 8.81. The molecule has 0 fully saturated rings. The predicted octanol–water partition coefficient (Wildman–Crippen LogP) is 0.825. The van der Waals surface area contributed by atoms with Crippen LogP contribution in [0, 0.1) is 0 Å².